The van der Waals surface area contributed by atoms with Crippen molar-refractivity contribution >= 4 is 5.97 Å². The molecule has 3 atom stereocenters. The predicted molar refractivity (Wildman–Crippen MR) is 80.6 cm³/mol. The monoisotopic (exact) mass is 285 g/mol. The number of hydrogen-bond acceptors (Lipinski definition) is 3. The van der Waals surface area contributed by atoms with Crippen LogP contribution in [0.3, 0.4) is 0 Å². The van der Waals surface area contributed by atoms with E-state index in [0.717, 1.165) is 32.3 Å². The van der Waals surface area contributed by atoms with Crippen molar-refractivity contribution in [3.8, 4) is 0 Å². The topological polar surface area (TPSA) is 72.5 Å². The van der Waals surface area contributed by atoms with E-state index in [1.54, 1.807) is 0 Å². The SMILES string of the molecule is CCCCC(CC)COCCC1CCCC1(N)C(=O)O. The third kappa shape index (κ3) is 4.74. The zero-order chi connectivity index (χ0) is 15.0. The third-order valence-electron chi connectivity index (χ3n) is 4.78. The van der Waals surface area contributed by atoms with Crippen molar-refractivity contribution in [1.29, 1.82) is 0 Å². The quantitative estimate of drug-likeness (QED) is 0.605. The maximum absolute atomic E-state index is 11.3. The Morgan fingerprint density at radius 3 is 2.85 bits per heavy atom. The van der Waals surface area contributed by atoms with Gasteiger partial charge in [-0.3, -0.25) is 4.79 Å². The Kier molecular flexibility index (Phi) is 7.52. The molecule has 0 aromatic rings. The first-order valence-electron chi connectivity index (χ1n) is 8.14. The average Bonchev–Trinajstić information content (AvgIpc) is 2.81. The van der Waals surface area contributed by atoms with Crippen molar-refractivity contribution in [2.24, 2.45) is 17.6 Å². The van der Waals surface area contributed by atoms with Gasteiger partial charge < -0.3 is 15.6 Å². The van der Waals surface area contributed by atoms with Crippen LogP contribution in [0.15, 0.2) is 0 Å². The van der Waals surface area contributed by atoms with Gasteiger partial charge in [0, 0.05) is 13.2 Å². The second-order valence-electron chi connectivity index (χ2n) is 6.21. The van der Waals surface area contributed by atoms with Crippen molar-refractivity contribution in [3.05, 3.63) is 0 Å². The lowest BCUT2D eigenvalue weighted by molar-refractivity contribution is -0.145. The molecule has 0 aromatic heterocycles. The normalized spacial score (nSPS) is 27.6. The number of carboxylic acid groups (broad SMARTS) is 1. The number of ether oxygens (including phenoxy) is 1. The summed E-state index contributed by atoms with van der Waals surface area (Å²) in [5, 5.41) is 9.26. The molecule has 3 unspecified atom stereocenters. The molecule has 1 fully saturated rings. The van der Waals surface area contributed by atoms with Crippen molar-refractivity contribution in [1.82, 2.24) is 0 Å². The summed E-state index contributed by atoms with van der Waals surface area (Å²) in [4.78, 5) is 11.3. The van der Waals surface area contributed by atoms with E-state index in [-0.39, 0.29) is 5.92 Å². The Balaban J connectivity index is 2.25. The highest BCUT2D eigenvalue weighted by molar-refractivity contribution is 5.79. The lowest BCUT2D eigenvalue weighted by atomic mass is 9.86. The van der Waals surface area contributed by atoms with Crippen LogP contribution < -0.4 is 5.73 Å². The smallest absolute Gasteiger partial charge is 0.323 e. The van der Waals surface area contributed by atoms with Crippen molar-refractivity contribution in [2.45, 2.75) is 70.8 Å². The largest absolute Gasteiger partial charge is 0.480 e. The van der Waals surface area contributed by atoms with E-state index in [9.17, 15) is 9.90 Å². The molecule has 118 valence electrons. The van der Waals surface area contributed by atoms with Crippen LogP contribution in [0.2, 0.25) is 0 Å². The third-order valence-corrected chi connectivity index (χ3v) is 4.78. The van der Waals surface area contributed by atoms with Gasteiger partial charge in [0.1, 0.15) is 5.54 Å². The minimum atomic E-state index is -1.02. The van der Waals surface area contributed by atoms with Gasteiger partial charge in [0.25, 0.3) is 0 Å². The highest BCUT2D eigenvalue weighted by Gasteiger charge is 2.45. The fraction of sp³-hybridized carbons (Fsp3) is 0.938. The number of carbonyl (C=O) groups is 1. The minimum absolute atomic E-state index is 0.0655. The van der Waals surface area contributed by atoms with Crippen LogP contribution >= 0.6 is 0 Å². The summed E-state index contributed by atoms with van der Waals surface area (Å²) in [7, 11) is 0. The Morgan fingerprint density at radius 2 is 2.25 bits per heavy atom. The molecular weight excluding hydrogens is 254 g/mol. The molecule has 1 aliphatic rings. The summed E-state index contributed by atoms with van der Waals surface area (Å²) in [5.41, 5.74) is 5.01. The van der Waals surface area contributed by atoms with Crippen LogP contribution in [0.1, 0.15) is 65.2 Å². The Morgan fingerprint density at radius 1 is 1.50 bits per heavy atom. The van der Waals surface area contributed by atoms with Gasteiger partial charge in [0.05, 0.1) is 0 Å². The summed E-state index contributed by atoms with van der Waals surface area (Å²) >= 11 is 0. The highest BCUT2D eigenvalue weighted by Crippen LogP contribution is 2.36. The maximum Gasteiger partial charge on any atom is 0.323 e. The molecule has 0 aromatic carbocycles. The van der Waals surface area contributed by atoms with Gasteiger partial charge in [-0.15, -0.1) is 0 Å². The van der Waals surface area contributed by atoms with Gasteiger partial charge >= 0.3 is 5.97 Å². The van der Waals surface area contributed by atoms with Crippen LogP contribution in [0.4, 0.5) is 0 Å². The van der Waals surface area contributed by atoms with E-state index in [2.05, 4.69) is 13.8 Å². The van der Waals surface area contributed by atoms with Crippen LogP contribution in [-0.2, 0) is 9.53 Å². The van der Waals surface area contributed by atoms with Gasteiger partial charge in [0.2, 0.25) is 0 Å². The van der Waals surface area contributed by atoms with Gasteiger partial charge in [-0.05, 0) is 37.5 Å². The molecule has 3 N–H and O–H groups in total. The summed E-state index contributed by atoms with van der Waals surface area (Å²) in [6.07, 6.45) is 8.07. The Labute approximate surface area is 123 Å². The molecule has 0 bridgehead atoms. The fourth-order valence-electron chi connectivity index (χ4n) is 3.16. The van der Waals surface area contributed by atoms with Crippen molar-refractivity contribution < 1.29 is 14.6 Å². The summed E-state index contributed by atoms with van der Waals surface area (Å²) in [6.45, 7) is 5.85. The van der Waals surface area contributed by atoms with Gasteiger partial charge in [-0.2, -0.15) is 0 Å². The molecule has 0 spiro atoms. The molecule has 0 saturated heterocycles. The summed E-state index contributed by atoms with van der Waals surface area (Å²) in [5.74, 6) is -0.147. The molecule has 0 heterocycles. The Bertz CT molecular complexity index is 295. The van der Waals surface area contributed by atoms with Crippen molar-refractivity contribution in [3.63, 3.8) is 0 Å². The maximum atomic E-state index is 11.3. The first kappa shape index (κ1) is 17.4. The molecule has 1 aliphatic carbocycles. The standard InChI is InChI=1S/C16H31NO3/c1-3-5-7-13(4-2)12-20-11-9-14-8-6-10-16(14,17)15(18)19/h13-14H,3-12,17H2,1-2H3,(H,18,19). The summed E-state index contributed by atoms with van der Waals surface area (Å²) in [6, 6.07) is 0. The fourth-order valence-corrected chi connectivity index (χ4v) is 3.16. The molecular formula is C16H31NO3. The zero-order valence-electron chi connectivity index (χ0n) is 13.1. The first-order chi connectivity index (χ1) is 9.54. The van der Waals surface area contributed by atoms with E-state index >= 15 is 0 Å². The van der Waals surface area contributed by atoms with Gasteiger partial charge in [-0.25, -0.2) is 0 Å². The van der Waals surface area contributed by atoms with Crippen LogP contribution in [0.5, 0.6) is 0 Å². The number of hydrogen-bond donors (Lipinski definition) is 2. The average molecular weight is 285 g/mol. The van der Waals surface area contributed by atoms with E-state index in [0.29, 0.717) is 18.9 Å². The van der Waals surface area contributed by atoms with Crippen LogP contribution in [0.25, 0.3) is 0 Å². The molecule has 0 aliphatic heterocycles. The lowest BCUT2D eigenvalue weighted by Crippen LogP contribution is -2.51. The number of rotatable bonds is 10. The molecule has 4 heteroatoms. The number of nitrogens with two attached hydrogens (primary N) is 1. The zero-order valence-corrected chi connectivity index (χ0v) is 13.1. The van der Waals surface area contributed by atoms with Gasteiger partial charge in [0.15, 0.2) is 0 Å². The first-order valence-corrected chi connectivity index (χ1v) is 8.14. The predicted octanol–water partition coefficient (Wildman–Crippen LogP) is 3.19. The highest BCUT2D eigenvalue weighted by atomic mass is 16.5. The van der Waals surface area contributed by atoms with E-state index in [1.165, 1.54) is 19.3 Å². The second kappa shape index (κ2) is 8.63. The van der Waals surface area contributed by atoms with Crippen LogP contribution in [0, 0.1) is 11.8 Å². The molecule has 20 heavy (non-hydrogen) atoms. The molecule has 0 amide bonds. The number of unbranched alkanes of at least 4 members (excludes halogenated alkanes) is 1. The Hall–Kier alpha value is -0.610. The molecule has 1 saturated carbocycles. The van der Waals surface area contributed by atoms with Crippen molar-refractivity contribution in [2.75, 3.05) is 13.2 Å². The van der Waals surface area contributed by atoms with Gasteiger partial charge in [-0.1, -0.05) is 39.5 Å². The van der Waals surface area contributed by atoms with E-state index in [1.807, 2.05) is 0 Å². The minimum Gasteiger partial charge on any atom is -0.480 e. The summed E-state index contributed by atoms with van der Waals surface area (Å²) < 4.78 is 5.77. The van der Waals surface area contributed by atoms with E-state index < -0.39 is 11.5 Å². The molecule has 0 radical (unpaired) electrons. The lowest BCUT2D eigenvalue weighted by Gasteiger charge is -2.27. The molecule has 4 nitrogen and oxygen atoms in total. The van der Waals surface area contributed by atoms with Crippen LogP contribution in [-0.4, -0.2) is 29.8 Å². The second-order valence-corrected chi connectivity index (χ2v) is 6.21. The number of aliphatic carboxylic acids is 1. The van der Waals surface area contributed by atoms with E-state index in [4.69, 9.17) is 10.5 Å². The molecule has 1 rings (SSSR count). The number of carboxylic acids is 1.